The Morgan fingerprint density at radius 2 is 1.56 bits per heavy atom. The molecule has 0 spiro atoms. The van der Waals surface area contributed by atoms with Gasteiger partial charge in [-0.15, -0.1) is 0 Å². The van der Waals surface area contributed by atoms with E-state index in [2.05, 4.69) is 37.7 Å². The topological polar surface area (TPSA) is 52.6 Å². The van der Waals surface area contributed by atoms with Crippen LogP contribution < -0.4 is 9.80 Å². The first kappa shape index (κ1) is 18.5. The van der Waals surface area contributed by atoms with Gasteiger partial charge in [0.15, 0.2) is 0 Å². The van der Waals surface area contributed by atoms with Crippen LogP contribution in [0.1, 0.15) is 51.9 Å². The molecule has 1 unspecified atom stereocenters. The van der Waals surface area contributed by atoms with Crippen molar-refractivity contribution < 1.29 is 4.79 Å². The van der Waals surface area contributed by atoms with E-state index in [1.807, 2.05) is 0 Å². The van der Waals surface area contributed by atoms with Gasteiger partial charge in [0.2, 0.25) is 5.91 Å². The molecule has 0 aliphatic carbocycles. The molecule has 0 aromatic carbocycles. The molecule has 1 amide bonds. The maximum Gasteiger partial charge on any atom is 0.225 e. The quantitative estimate of drug-likeness (QED) is 0.818. The van der Waals surface area contributed by atoms with Gasteiger partial charge in [-0.25, -0.2) is 9.97 Å². The lowest BCUT2D eigenvalue weighted by Gasteiger charge is -2.37. The fourth-order valence-corrected chi connectivity index (χ4v) is 4.81. The molecule has 4 heterocycles. The summed E-state index contributed by atoms with van der Waals surface area (Å²) in [4.78, 5) is 28.7. The molecular weight excluding hydrogens is 338 g/mol. The number of aromatic nitrogens is 2. The van der Waals surface area contributed by atoms with Crippen LogP contribution in [-0.2, 0) is 4.79 Å². The molecule has 0 saturated carbocycles. The second-order valence-electron chi connectivity index (χ2n) is 8.58. The van der Waals surface area contributed by atoms with Crippen LogP contribution in [0.4, 0.5) is 11.6 Å². The fraction of sp³-hybridized carbons (Fsp3) is 0.762. The van der Waals surface area contributed by atoms with E-state index in [4.69, 9.17) is 0 Å². The maximum atomic E-state index is 12.9. The van der Waals surface area contributed by atoms with Crippen LogP contribution in [0.15, 0.2) is 12.4 Å². The molecule has 3 saturated heterocycles. The van der Waals surface area contributed by atoms with Crippen LogP contribution in [0.5, 0.6) is 0 Å². The number of likely N-dealkylation sites (tertiary alicyclic amines) is 1. The van der Waals surface area contributed by atoms with E-state index >= 15 is 0 Å². The first-order valence-electron chi connectivity index (χ1n) is 10.8. The molecule has 0 N–H and O–H groups in total. The summed E-state index contributed by atoms with van der Waals surface area (Å²) in [6.45, 7) is 8.19. The van der Waals surface area contributed by atoms with Crippen LogP contribution in [0.3, 0.4) is 0 Å². The minimum absolute atomic E-state index is 0.190. The van der Waals surface area contributed by atoms with Crippen molar-refractivity contribution in [2.45, 2.75) is 51.9 Å². The molecule has 0 radical (unpaired) electrons. The largest absolute Gasteiger partial charge is 0.356 e. The SMILES string of the molecule is CC1CCCN(C(=O)C2CCN(c3cc(N4CCCCC4)ncn3)CC2)C1. The highest BCUT2D eigenvalue weighted by Gasteiger charge is 2.31. The van der Waals surface area contributed by atoms with Gasteiger partial charge < -0.3 is 14.7 Å². The Morgan fingerprint density at radius 1 is 0.889 bits per heavy atom. The Balaban J connectivity index is 1.34. The zero-order valence-electron chi connectivity index (χ0n) is 16.6. The van der Waals surface area contributed by atoms with Crippen molar-refractivity contribution in [3.8, 4) is 0 Å². The van der Waals surface area contributed by atoms with Crippen molar-refractivity contribution in [3.05, 3.63) is 12.4 Å². The molecule has 4 rings (SSSR count). The maximum absolute atomic E-state index is 12.9. The van der Waals surface area contributed by atoms with Crippen LogP contribution in [0.2, 0.25) is 0 Å². The minimum Gasteiger partial charge on any atom is -0.356 e. The van der Waals surface area contributed by atoms with Crippen LogP contribution in [0.25, 0.3) is 0 Å². The Bertz CT molecular complexity index is 637. The molecule has 6 heteroatoms. The number of amides is 1. The smallest absolute Gasteiger partial charge is 0.225 e. The molecule has 3 aliphatic heterocycles. The van der Waals surface area contributed by atoms with E-state index in [1.54, 1.807) is 6.33 Å². The molecule has 3 aliphatic rings. The summed E-state index contributed by atoms with van der Waals surface area (Å²) in [5.74, 6) is 3.30. The second kappa shape index (κ2) is 8.44. The highest BCUT2D eigenvalue weighted by molar-refractivity contribution is 5.79. The lowest BCUT2D eigenvalue weighted by atomic mass is 9.93. The molecule has 0 bridgehead atoms. The van der Waals surface area contributed by atoms with Crippen molar-refractivity contribution in [2.24, 2.45) is 11.8 Å². The second-order valence-corrected chi connectivity index (χ2v) is 8.58. The molecular formula is C21H33N5O. The first-order chi connectivity index (χ1) is 13.2. The molecule has 1 atom stereocenters. The summed E-state index contributed by atoms with van der Waals surface area (Å²) in [6.07, 6.45) is 9.82. The Morgan fingerprint density at radius 3 is 2.22 bits per heavy atom. The lowest BCUT2D eigenvalue weighted by Crippen LogP contribution is -2.46. The highest BCUT2D eigenvalue weighted by Crippen LogP contribution is 2.27. The summed E-state index contributed by atoms with van der Waals surface area (Å²) < 4.78 is 0. The molecule has 1 aromatic heterocycles. The normalized spacial score (nSPS) is 24.9. The fourth-order valence-electron chi connectivity index (χ4n) is 4.81. The van der Waals surface area contributed by atoms with E-state index < -0.39 is 0 Å². The van der Waals surface area contributed by atoms with Crippen LogP contribution >= 0.6 is 0 Å². The van der Waals surface area contributed by atoms with E-state index in [0.717, 1.165) is 70.2 Å². The highest BCUT2D eigenvalue weighted by atomic mass is 16.2. The predicted octanol–water partition coefficient (Wildman–Crippen LogP) is 2.94. The lowest BCUT2D eigenvalue weighted by molar-refractivity contribution is -0.137. The van der Waals surface area contributed by atoms with Gasteiger partial charge in [0, 0.05) is 51.3 Å². The average Bonchev–Trinajstić information content (AvgIpc) is 2.74. The Kier molecular flexibility index (Phi) is 5.79. The Hall–Kier alpha value is -1.85. The van der Waals surface area contributed by atoms with E-state index in [0.29, 0.717) is 11.8 Å². The zero-order valence-corrected chi connectivity index (χ0v) is 16.6. The van der Waals surface area contributed by atoms with Gasteiger partial charge >= 0.3 is 0 Å². The minimum atomic E-state index is 0.190. The molecule has 1 aromatic rings. The van der Waals surface area contributed by atoms with Gasteiger partial charge in [-0.2, -0.15) is 0 Å². The summed E-state index contributed by atoms with van der Waals surface area (Å²) in [5, 5.41) is 0. The standard InChI is InChI=1S/C21H33N5O/c1-17-6-5-11-26(15-17)21(27)18-7-12-25(13-8-18)20-14-19(22-16-23-20)24-9-3-2-4-10-24/h14,16-18H,2-13,15H2,1H3. The van der Waals surface area contributed by atoms with Gasteiger partial charge in [0.05, 0.1) is 0 Å². The zero-order chi connectivity index (χ0) is 18.6. The van der Waals surface area contributed by atoms with E-state index in [1.165, 1.54) is 25.7 Å². The Labute approximate surface area is 162 Å². The summed E-state index contributed by atoms with van der Waals surface area (Å²) >= 11 is 0. The molecule has 3 fully saturated rings. The number of rotatable bonds is 3. The van der Waals surface area contributed by atoms with E-state index in [9.17, 15) is 4.79 Å². The summed E-state index contributed by atoms with van der Waals surface area (Å²) in [7, 11) is 0. The van der Waals surface area contributed by atoms with Crippen LogP contribution in [0, 0.1) is 11.8 Å². The number of carbonyl (C=O) groups is 1. The van der Waals surface area contributed by atoms with Crippen LogP contribution in [-0.4, -0.2) is 60.0 Å². The predicted molar refractivity (Wildman–Crippen MR) is 108 cm³/mol. The molecule has 27 heavy (non-hydrogen) atoms. The van der Waals surface area contributed by atoms with Crippen molar-refractivity contribution in [2.75, 3.05) is 49.1 Å². The average molecular weight is 372 g/mol. The number of nitrogens with zero attached hydrogens (tertiary/aromatic N) is 5. The third-order valence-corrected chi connectivity index (χ3v) is 6.46. The van der Waals surface area contributed by atoms with Crippen molar-refractivity contribution in [1.29, 1.82) is 0 Å². The number of anilines is 2. The number of piperidine rings is 3. The number of hydrogen-bond acceptors (Lipinski definition) is 5. The van der Waals surface area contributed by atoms with Gasteiger partial charge in [-0.05, 0) is 50.9 Å². The monoisotopic (exact) mass is 371 g/mol. The van der Waals surface area contributed by atoms with Gasteiger partial charge in [0.1, 0.15) is 18.0 Å². The van der Waals surface area contributed by atoms with Crippen molar-refractivity contribution in [1.82, 2.24) is 14.9 Å². The first-order valence-corrected chi connectivity index (χ1v) is 10.8. The molecule has 6 nitrogen and oxygen atoms in total. The number of hydrogen-bond donors (Lipinski definition) is 0. The van der Waals surface area contributed by atoms with Gasteiger partial charge in [-0.1, -0.05) is 6.92 Å². The summed E-state index contributed by atoms with van der Waals surface area (Å²) in [6, 6.07) is 2.14. The molecule has 148 valence electrons. The third-order valence-electron chi connectivity index (χ3n) is 6.46. The van der Waals surface area contributed by atoms with E-state index in [-0.39, 0.29) is 5.92 Å². The summed E-state index contributed by atoms with van der Waals surface area (Å²) in [5.41, 5.74) is 0. The van der Waals surface area contributed by atoms with Gasteiger partial charge in [-0.3, -0.25) is 4.79 Å². The van der Waals surface area contributed by atoms with Gasteiger partial charge in [0.25, 0.3) is 0 Å². The number of carbonyl (C=O) groups excluding carboxylic acids is 1. The van der Waals surface area contributed by atoms with Crippen molar-refractivity contribution >= 4 is 17.5 Å². The van der Waals surface area contributed by atoms with Crippen molar-refractivity contribution in [3.63, 3.8) is 0 Å². The third kappa shape index (κ3) is 4.36.